The normalized spacial score (nSPS) is 25.4. The number of amides is 2. The van der Waals surface area contributed by atoms with E-state index < -0.39 is 18.8 Å². The molecule has 2 aliphatic rings. The fourth-order valence-electron chi connectivity index (χ4n) is 2.34. The minimum atomic E-state index is -4.21. The highest BCUT2D eigenvalue weighted by atomic mass is 19.4. The second-order valence-corrected chi connectivity index (χ2v) is 4.95. The number of alkyl halides is 3. The van der Waals surface area contributed by atoms with Crippen LogP contribution in [0, 0.1) is 0 Å². The average Bonchev–Trinajstić information content (AvgIpc) is 2.38. The van der Waals surface area contributed by atoms with Gasteiger partial charge in [-0.2, -0.15) is 13.2 Å². The molecular formula is C11H17F3N4O2. The summed E-state index contributed by atoms with van der Waals surface area (Å²) in [5.41, 5.74) is 0. The highest BCUT2D eigenvalue weighted by molar-refractivity contribution is 5.86. The van der Waals surface area contributed by atoms with E-state index >= 15 is 0 Å². The molecule has 2 saturated heterocycles. The SMILES string of the molecule is O=C1CNC(C(=O)N2CCN(CC(F)(F)F)CC2)CN1. The Balaban J connectivity index is 1.78. The van der Waals surface area contributed by atoms with Gasteiger partial charge in [-0.05, 0) is 0 Å². The van der Waals surface area contributed by atoms with Crippen LogP contribution in [0.4, 0.5) is 13.2 Å². The van der Waals surface area contributed by atoms with Gasteiger partial charge in [-0.1, -0.05) is 0 Å². The molecule has 1 unspecified atom stereocenters. The van der Waals surface area contributed by atoms with Crippen molar-refractivity contribution in [2.45, 2.75) is 12.2 Å². The van der Waals surface area contributed by atoms with Crippen molar-refractivity contribution in [3.05, 3.63) is 0 Å². The fourth-order valence-corrected chi connectivity index (χ4v) is 2.34. The van der Waals surface area contributed by atoms with E-state index in [0.717, 1.165) is 0 Å². The summed E-state index contributed by atoms with van der Waals surface area (Å²) >= 11 is 0. The zero-order valence-corrected chi connectivity index (χ0v) is 10.9. The third-order valence-electron chi connectivity index (χ3n) is 3.40. The van der Waals surface area contributed by atoms with E-state index in [1.54, 1.807) is 4.90 Å². The number of hydrogen-bond acceptors (Lipinski definition) is 4. The average molecular weight is 294 g/mol. The van der Waals surface area contributed by atoms with Gasteiger partial charge in [-0.25, -0.2) is 0 Å². The van der Waals surface area contributed by atoms with Gasteiger partial charge in [0.2, 0.25) is 11.8 Å². The van der Waals surface area contributed by atoms with E-state index in [9.17, 15) is 22.8 Å². The minimum absolute atomic E-state index is 0.0877. The van der Waals surface area contributed by atoms with Gasteiger partial charge in [0.15, 0.2) is 0 Å². The van der Waals surface area contributed by atoms with Crippen LogP contribution in [0.25, 0.3) is 0 Å². The number of carbonyl (C=O) groups excluding carboxylic acids is 2. The van der Waals surface area contributed by atoms with Crippen LogP contribution in [0.3, 0.4) is 0 Å². The summed E-state index contributed by atoms with van der Waals surface area (Å²) in [6, 6.07) is -0.484. The van der Waals surface area contributed by atoms with Gasteiger partial charge >= 0.3 is 6.18 Å². The van der Waals surface area contributed by atoms with Crippen LogP contribution < -0.4 is 10.6 Å². The maximum absolute atomic E-state index is 12.3. The van der Waals surface area contributed by atoms with Crippen molar-refractivity contribution in [3.8, 4) is 0 Å². The first-order valence-corrected chi connectivity index (χ1v) is 6.43. The summed E-state index contributed by atoms with van der Waals surface area (Å²) in [7, 11) is 0. The Labute approximate surface area is 114 Å². The molecule has 114 valence electrons. The molecule has 0 aromatic heterocycles. The van der Waals surface area contributed by atoms with E-state index in [1.165, 1.54) is 4.90 Å². The minimum Gasteiger partial charge on any atom is -0.353 e. The van der Waals surface area contributed by atoms with Crippen molar-refractivity contribution < 1.29 is 22.8 Å². The summed E-state index contributed by atoms with van der Waals surface area (Å²) in [6.07, 6.45) is -4.21. The quantitative estimate of drug-likeness (QED) is 0.670. The molecule has 2 heterocycles. The molecule has 2 N–H and O–H groups in total. The van der Waals surface area contributed by atoms with Crippen LogP contribution in [0.5, 0.6) is 0 Å². The Kier molecular flexibility index (Phi) is 4.48. The van der Waals surface area contributed by atoms with Gasteiger partial charge in [0.1, 0.15) is 6.04 Å². The topological polar surface area (TPSA) is 64.7 Å². The largest absolute Gasteiger partial charge is 0.401 e. The maximum Gasteiger partial charge on any atom is 0.401 e. The van der Waals surface area contributed by atoms with Crippen molar-refractivity contribution in [3.63, 3.8) is 0 Å². The van der Waals surface area contributed by atoms with Gasteiger partial charge < -0.3 is 10.2 Å². The summed E-state index contributed by atoms with van der Waals surface area (Å²) in [5.74, 6) is -0.333. The molecule has 9 heteroatoms. The molecule has 0 radical (unpaired) electrons. The molecule has 2 fully saturated rings. The number of nitrogens with one attached hydrogen (secondary N) is 2. The Bertz CT molecular complexity index is 370. The smallest absolute Gasteiger partial charge is 0.353 e. The lowest BCUT2D eigenvalue weighted by atomic mass is 10.2. The lowest BCUT2D eigenvalue weighted by molar-refractivity contribution is -0.152. The van der Waals surface area contributed by atoms with Crippen molar-refractivity contribution in [1.29, 1.82) is 0 Å². The predicted octanol–water partition coefficient (Wildman–Crippen LogP) is -1.22. The van der Waals surface area contributed by atoms with E-state index in [2.05, 4.69) is 10.6 Å². The predicted molar refractivity (Wildman–Crippen MR) is 63.9 cm³/mol. The molecule has 0 aromatic carbocycles. The molecule has 0 spiro atoms. The first-order chi connectivity index (χ1) is 9.35. The highest BCUT2D eigenvalue weighted by Gasteiger charge is 2.34. The van der Waals surface area contributed by atoms with Crippen molar-refractivity contribution in [2.75, 3.05) is 45.8 Å². The Hall–Kier alpha value is -1.35. The number of carbonyl (C=O) groups is 2. The lowest BCUT2D eigenvalue weighted by Gasteiger charge is -2.37. The Morgan fingerprint density at radius 3 is 2.40 bits per heavy atom. The van der Waals surface area contributed by atoms with Crippen molar-refractivity contribution in [2.24, 2.45) is 0 Å². The van der Waals surface area contributed by atoms with Gasteiger partial charge in [0.05, 0.1) is 13.1 Å². The molecule has 2 rings (SSSR count). The third kappa shape index (κ3) is 4.07. The molecule has 2 amide bonds. The van der Waals surface area contributed by atoms with Gasteiger partial charge in [-0.3, -0.25) is 19.8 Å². The molecule has 0 bridgehead atoms. The summed E-state index contributed by atoms with van der Waals surface area (Å²) < 4.78 is 36.8. The van der Waals surface area contributed by atoms with Gasteiger partial charge in [0.25, 0.3) is 0 Å². The summed E-state index contributed by atoms with van der Waals surface area (Å²) in [5, 5.41) is 5.40. The lowest BCUT2D eigenvalue weighted by Crippen LogP contribution is -2.61. The number of nitrogens with zero attached hydrogens (tertiary/aromatic N) is 2. The first kappa shape index (κ1) is 15.0. The van der Waals surface area contributed by atoms with Crippen LogP contribution in [0.1, 0.15) is 0 Å². The molecule has 20 heavy (non-hydrogen) atoms. The standard InChI is InChI=1S/C11H17F3N4O2/c12-11(13,14)7-17-1-3-18(4-2-17)10(20)8-5-16-9(19)6-15-8/h8,15H,1-7H2,(H,16,19). The molecule has 2 aliphatic heterocycles. The van der Waals surface area contributed by atoms with E-state index in [-0.39, 0.29) is 51.1 Å². The van der Waals surface area contributed by atoms with Crippen LogP contribution in [-0.2, 0) is 9.59 Å². The van der Waals surface area contributed by atoms with Crippen molar-refractivity contribution >= 4 is 11.8 Å². The molecule has 6 nitrogen and oxygen atoms in total. The van der Waals surface area contributed by atoms with Gasteiger partial charge in [0, 0.05) is 32.7 Å². The van der Waals surface area contributed by atoms with Crippen molar-refractivity contribution in [1.82, 2.24) is 20.4 Å². The molecular weight excluding hydrogens is 277 g/mol. The third-order valence-corrected chi connectivity index (χ3v) is 3.40. The van der Waals surface area contributed by atoms with E-state index in [0.29, 0.717) is 0 Å². The monoisotopic (exact) mass is 294 g/mol. The van der Waals surface area contributed by atoms with Gasteiger partial charge in [-0.15, -0.1) is 0 Å². The molecule has 0 aromatic rings. The number of piperazine rings is 2. The second-order valence-electron chi connectivity index (χ2n) is 4.95. The maximum atomic E-state index is 12.3. The van der Waals surface area contributed by atoms with Crippen LogP contribution in [-0.4, -0.2) is 79.6 Å². The number of halogens is 3. The van der Waals surface area contributed by atoms with Crippen LogP contribution in [0.15, 0.2) is 0 Å². The molecule has 0 saturated carbocycles. The number of rotatable bonds is 2. The highest BCUT2D eigenvalue weighted by Crippen LogP contribution is 2.17. The second kappa shape index (κ2) is 5.96. The first-order valence-electron chi connectivity index (χ1n) is 6.43. The summed E-state index contributed by atoms with van der Waals surface area (Å²) in [6.45, 7) is 0.356. The van der Waals surface area contributed by atoms with Crippen LogP contribution >= 0.6 is 0 Å². The van der Waals surface area contributed by atoms with Crippen LogP contribution in [0.2, 0.25) is 0 Å². The molecule has 0 aliphatic carbocycles. The van der Waals surface area contributed by atoms with E-state index in [4.69, 9.17) is 0 Å². The Morgan fingerprint density at radius 2 is 1.90 bits per heavy atom. The molecule has 1 atom stereocenters. The summed E-state index contributed by atoms with van der Waals surface area (Å²) in [4.78, 5) is 25.9. The zero-order valence-electron chi connectivity index (χ0n) is 10.9. The number of hydrogen-bond donors (Lipinski definition) is 2. The fraction of sp³-hybridized carbons (Fsp3) is 0.818. The Morgan fingerprint density at radius 1 is 1.25 bits per heavy atom. The van der Waals surface area contributed by atoms with E-state index in [1.807, 2.05) is 0 Å². The zero-order chi connectivity index (χ0) is 14.8.